The third-order valence-corrected chi connectivity index (χ3v) is 6.04. The number of aromatic nitrogens is 5. The molecule has 224 valence electrons. The number of thiazole rings is 1. The SMILES string of the molecule is Nc1nc(/C(=N/O)C(=O)O)cs1.Nc1nc(/C(=N/O)C(=O)O)ns1.Nc1nc(/C(=N/OC2(C(=O)O)CC2)C(=O)O)ns1. The van der Waals surface area contributed by atoms with Crippen LogP contribution in [-0.2, 0) is 24.0 Å². The van der Waals surface area contributed by atoms with Gasteiger partial charge in [-0.25, -0.2) is 24.2 Å². The smallest absolute Gasteiger partial charge is 0.362 e. The lowest BCUT2D eigenvalue weighted by Gasteiger charge is -2.07. The predicted molar refractivity (Wildman–Crippen MR) is 142 cm³/mol. The van der Waals surface area contributed by atoms with Crippen molar-refractivity contribution in [3.8, 4) is 0 Å². The molecule has 1 saturated carbocycles. The number of anilines is 3. The fourth-order valence-electron chi connectivity index (χ4n) is 2.21. The van der Waals surface area contributed by atoms with Gasteiger partial charge in [-0.3, -0.25) is 0 Å². The maximum absolute atomic E-state index is 10.9. The molecule has 12 N–H and O–H groups in total. The molecule has 1 aliphatic rings. The van der Waals surface area contributed by atoms with Gasteiger partial charge in [0, 0.05) is 41.3 Å². The Morgan fingerprint density at radius 3 is 1.55 bits per heavy atom. The van der Waals surface area contributed by atoms with Crippen molar-refractivity contribution in [2.45, 2.75) is 18.4 Å². The fourth-order valence-corrected chi connectivity index (χ4v) is 3.63. The van der Waals surface area contributed by atoms with E-state index in [1.54, 1.807) is 0 Å². The van der Waals surface area contributed by atoms with Crippen LogP contribution >= 0.6 is 34.4 Å². The van der Waals surface area contributed by atoms with Gasteiger partial charge in [0.15, 0.2) is 15.4 Å². The molecule has 0 bridgehead atoms. The molecule has 0 spiro atoms. The molecule has 3 aromatic rings. The standard InChI is InChI=1S/C8H8N4O5S.C5H5N3O3S.C4H4N4O3S/c9-7-10-4(12-18-7)3(5(13)14)11-17-8(1-2-8)6(15)16;6-5-7-2(1-12-5)3(8-11)4(9)10;5-4-6-2(8-12-4)1(7-11)3(9)10/h1-2H2,(H,13,14)(H,15,16)(H2,9,10,12);1,11H,(H2,6,7)(H,9,10);11H,(H,9,10)(H2,5,6,8)/b11-3-;8-3-;7-1-. The monoisotopic (exact) mass is 647 g/mol. The van der Waals surface area contributed by atoms with E-state index in [0.717, 1.165) is 34.4 Å². The van der Waals surface area contributed by atoms with Gasteiger partial charge in [-0.2, -0.15) is 18.7 Å². The summed E-state index contributed by atoms with van der Waals surface area (Å²) in [5.41, 5.74) is 12.7. The summed E-state index contributed by atoms with van der Waals surface area (Å²) in [6, 6.07) is 0. The summed E-state index contributed by atoms with van der Waals surface area (Å²) < 4.78 is 7.21. The Balaban J connectivity index is 0.000000228. The Morgan fingerprint density at radius 1 is 0.762 bits per heavy atom. The van der Waals surface area contributed by atoms with Crippen LogP contribution in [0.2, 0.25) is 0 Å². The van der Waals surface area contributed by atoms with Crippen LogP contribution in [-0.4, -0.2) is 101 Å². The molecule has 0 aromatic carbocycles. The topological polar surface area (TPSA) is 378 Å². The number of hydrogen-bond acceptors (Lipinski definition) is 21. The highest BCUT2D eigenvalue weighted by molar-refractivity contribution is 7.13. The number of nitrogen functional groups attached to an aromatic ring is 3. The molecule has 4 rings (SSSR count). The van der Waals surface area contributed by atoms with E-state index < -0.39 is 46.6 Å². The van der Waals surface area contributed by atoms with Crippen molar-refractivity contribution >= 4 is 90.8 Å². The third-order valence-electron chi connectivity index (χ3n) is 4.28. The second kappa shape index (κ2) is 14.2. The molecule has 0 atom stereocenters. The zero-order chi connectivity index (χ0) is 31.6. The molecule has 1 fully saturated rings. The number of carbonyl (C=O) groups is 4. The molecule has 3 heterocycles. The highest BCUT2D eigenvalue weighted by Crippen LogP contribution is 2.40. The molecule has 0 saturated heterocycles. The first-order chi connectivity index (χ1) is 19.7. The summed E-state index contributed by atoms with van der Waals surface area (Å²) in [6.45, 7) is 0. The van der Waals surface area contributed by atoms with Gasteiger partial charge in [0.2, 0.25) is 34.4 Å². The molecule has 1 aliphatic carbocycles. The number of rotatable bonds is 9. The number of nitrogens with two attached hydrogens (primary N) is 3. The number of oxime groups is 3. The van der Waals surface area contributed by atoms with Gasteiger partial charge in [0.05, 0.1) is 0 Å². The second-order valence-corrected chi connectivity index (χ2v) is 9.58. The van der Waals surface area contributed by atoms with E-state index in [0.29, 0.717) is 0 Å². The zero-order valence-corrected chi connectivity index (χ0v) is 22.7. The largest absolute Gasteiger partial charge is 0.478 e. The lowest BCUT2D eigenvalue weighted by molar-refractivity contribution is -0.153. The average Bonchev–Trinajstić information content (AvgIpc) is 3.14. The van der Waals surface area contributed by atoms with Crippen molar-refractivity contribution in [1.82, 2.24) is 23.7 Å². The molecule has 25 heteroatoms. The van der Waals surface area contributed by atoms with E-state index >= 15 is 0 Å². The molecular formula is C17H17N11O11S3. The number of aliphatic carboxylic acids is 4. The molecular weight excluding hydrogens is 630 g/mol. The lowest BCUT2D eigenvalue weighted by Crippen LogP contribution is -2.26. The zero-order valence-electron chi connectivity index (χ0n) is 20.3. The van der Waals surface area contributed by atoms with Crippen molar-refractivity contribution < 1.29 is 54.9 Å². The van der Waals surface area contributed by atoms with Crippen LogP contribution in [0, 0.1) is 0 Å². The van der Waals surface area contributed by atoms with Gasteiger partial charge in [0.25, 0.3) is 0 Å². The first-order valence-electron chi connectivity index (χ1n) is 10.3. The fraction of sp³-hybridized carbons (Fsp3) is 0.176. The molecule has 0 aliphatic heterocycles. The second-order valence-electron chi connectivity index (χ2n) is 7.13. The summed E-state index contributed by atoms with van der Waals surface area (Å²) in [6.07, 6.45) is 0.566. The lowest BCUT2D eigenvalue weighted by atomic mass is 10.3. The molecule has 3 aromatic heterocycles. The van der Waals surface area contributed by atoms with Gasteiger partial charge < -0.3 is 52.9 Å². The van der Waals surface area contributed by atoms with Crippen LogP contribution < -0.4 is 17.2 Å². The Labute approximate surface area is 243 Å². The highest BCUT2D eigenvalue weighted by Gasteiger charge is 2.54. The Kier molecular flexibility index (Phi) is 11.0. The van der Waals surface area contributed by atoms with Crippen molar-refractivity contribution in [3.63, 3.8) is 0 Å². The van der Waals surface area contributed by atoms with E-state index in [1.165, 1.54) is 5.38 Å². The highest BCUT2D eigenvalue weighted by atomic mass is 32.1. The summed E-state index contributed by atoms with van der Waals surface area (Å²) >= 11 is 2.71. The van der Waals surface area contributed by atoms with Gasteiger partial charge >= 0.3 is 23.9 Å². The van der Waals surface area contributed by atoms with Crippen LogP contribution in [0.5, 0.6) is 0 Å². The summed E-state index contributed by atoms with van der Waals surface area (Å²) in [4.78, 5) is 58.0. The van der Waals surface area contributed by atoms with Gasteiger partial charge in [-0.1, -0.05) is 15.5 Å². The maximum Gasteiger partial charge on any atom is 0.362 e. The average molecular weight is 648 g/mol. The van der Waals surface area contributed by atoms with Crippen molar-refractivity contribution in [1.29, 1.82) is 0 Å². The minimum atomic E-state index is -1.42. The Morgan fingerprint density at radius 2 is 1.24 bits per heavy atom. The number of hydrogen-bond donors (Lipinski definition) is 9. The van der Waals surface area contributed by atoms with Crippen LogP contribution in [0.4, 0.5) is 15.4 Å². The van der Waals surface area contributed by atoms with Crippen molar-refractivity contribution in [3.05, 3.63) is 22.7 Å². The maximum atomic E-state index is 10.9. The summed E-state index contributed by atoms with van der Waals surface area (Å²) in [7, 11) is 0. The first kappa shape index (κ1) is 32.7. The van der Waals surface area contributed by atoms with E-state index in [4.69, 9.17) is 52.9 Å². The summed E-state index contributed by atoms with van der Waals surface area (Å²) in [5, 5.41) is 61.4. The molecule has 0 amide bonds. The molecule has 0 unspecified atom stereocenters. The van der Waals surface area contributed by atoms with E-state index in [2.05, 4.69) is 39.2 Å². The third kappa shape index (κ3) is 8.72. The van der Waals surface area contributed by atoms with Crippen molar-refractivity contribution in [2.75, 3.05) is 17.2 Å². The number of carboxylic acid groups (broad SMARTS) is 4. The predicted octanol–water partition coefficient (Wildman–Crippen LogP) is -1.09. The van der Waals surface area contributed by atoms with Gasteiger partial charge in [0.1, 0.15) is 5.69 Å². The number of nitrogens with zero attached hydrogens (tertiary/aromatic N) is 8. The van der Waals surface area contributed by atoms with Crippen LogP contribution in [0.1, 0.15) is 30.2 Å². The Bertz CT molecular complexity index is 1490. The normalized spacial score (nSPS) is 14.0. The van der Waals surface area contributed by atoms with Gasteiger partial charge in [-0.15, -0.1) is 11.3 Å². The van der Waals surface area contributed by atoms with Crippen LogP contribution in [0.15, 0.2) is 20.8 Å². The Hall–Kier alpha value is -5.56. The van der Waals surface area contributed by atoms with Crippen molar-refractivity contribution in [2.24, 2.45) is 15.5 Å². The quantitative estimate of drug-likeness (QED) is 0.0756. The van der Waals surface area contributed by atoms with Gasteiger partial charge in [-0.05, 0) is 0 Å². The molecule has 22 nitrogen and oxygen atoms in total. The van der Waals surface area contributed by atoms with Crippen LogP contribution in [0.3, 0.4) is 0 Å². The van der Waals surface area contributed by atoms with Crippen LogP contribution in [0.25, 0.3) is 0 Å². The minimum Gasteiger partial charge on any atom is -0.478 e. The first-order valence-corrected chi connectivity index (χ1v) is 12.7. The molecule has 42 heavy (non-hydrogen) atoms. The van der Waals surface area contributed by atoms with E-state index in [9.17, 15) is 19.2 Å². The minimum absolute atomic E-state index is 0.0625. The van der Waals surface area contributed by atoms with E-state index in [-0.39, 0.29) is 45.6 Å². The summed E-state index contributed by atoms with van der Waals surface area (Å²) in [5.74, 6) is -5.74. The number of carboxylic acids is 4. The molecule has 0 radical (unpaired) electrons. The van der Waals surface area contributed by atoms with E-state index in [1.807, 2.05) is 0 Å².